The van der Waals surface area contributed by atoms with Crippen molar-refractivity contribution in [3.05, 3.63) is 113 Å². The van der Waals surface area contributed by atoms with Gasteiger partial charge in [0.05, 0.1) is 35.8 Å². The number of nitriles is 1. The molecule has 3 unspecified atom stereocenters. The molecule has 0 aromatic heterocycles. The molecule has 0 fully saturated rings. The van der Waals surface area contributed by atoms with Gasteiger partial charge in [0.15, 0.2) is 0 Å². The fourth-order valence-electron chi connectivity index (χ4n) is 5.17. The summed E-state index contributed by atoms with van der Waals surface area (Å²) in [6, 6.07) is 29.8. The second-order valence-electron chi connectivity index (χ2n) is 9.26. The second kappa shape index (κ2) is 11.0. The van der Waals surface area contributed by atoms with Gasteiger partial charge in [0.1, 0.15) is 0 Å². The third kappa shape index (κ3) is 5.41. The minimum absolute atomic E-state index is 0.00521. The van der Waals surface area contributed by atoms with Crippen molar-refractivity contribution in [1.29, 1.82) is 5.26 Å². The Balaban J connectivity index is 1.45. The lowest BCUT2D eigenvalue weighted by Crippen LogP contribution is -2.37. The van der Waals surface area contributed by atoms with Crippen LogP contribution in [-0.4, -0.2) is 14.7 Å². The largest absolute Gasteiger partial charge is 0.349 e. The van der Waals surface area contributed by atoms with Crippen LogP contribution >= 0.6 is 0 Å². The van der Waals surface area contributed by atoms with E-state index in [1.165, 1.54) is 4.31 Å². The normalized spacial score (nSPS) is 16.3. The van der Waals surface area contributed by atoms with Crippen molar-refractivity contribution in [3.8, 4) is 6.07 Å². The lowest BCUT2D eigenvalue weighted by atomic mass is 9.86. The zero-order valence-electron chi connectivity index (χ0n) is 20.2. The number of anilines is 1. The summed E-state index contributed by atoms with van der Waals surface area (Å²) in [5.41, 5.74) is 4.08. The molecule has 0 aliphatic heterocycles. The van der Waals surface area contributed by atoms with Crippen molar-refractivity contribution < 1.29 is 13.6 Å². The van der Waals surface area contributed by atoms with Gasteiger partial charge in [-0.3, -0.25) is 13.7 Å². The molecule has 0 heterocycles. The fraction of sp³-hybridized carbons (Fsp3) is 0.200. The van der Waals surface area contributed by atoms with Gasteiger partial charge in [-0.15, -0.1) is 0 Å². The summed E-state index contributed by atoms with van der Waals surface area (Å²) >= 11 is -2.37. The van der Waals surface area contributed by atoms with E-state index in [9.17, 15) is 18.8 Å². The van der Waals surface area contributed by atoms with Crippen molar-refractivity contribution in [2.75, 3.05) is 4.31 Å². The SMILES string of the molecule is N#Cc1ccc2c(c1)CCCC2NC(=O)CC(c1ccccc1)N(c1ccc2ccccc2c1)S(=O)O. The number of amides is 1. The highest BCUT2D eigenvalue weighted by molar-refractivity contribution is 7.80. The van der Waals surface area contributed by atoms with Gasteiger partial charge < -0.3 is 5.32 Å². The molecule has 3 atom stereocenters. The highest BCUT2D eigenvalue weighted by Gasteiger charge is 2.30. The molecule has 7 heteroatoms. The molecule has 5 rings (SSSR count). The minimum Gasteiger partial charge on any atom is -0.349 e. The van der Waals surface area contributed by atoms with Crippen molar-refractivity contribution >= 4 is 33.6 Å². The van der Waals surface area contributed by atoms with E-state index in [-0.39, 0.29) is 18.4 Å². The number of aryl methyl sites for hydroxylation is 1. The number of nitrogens with one attached hydrogen (secondary N) is 1. The Bertz CT molecular complexity index is 1500. The number of nitrogens with zero attached hydrogens (tertiary/aromatic N) is 2. The maximum Gasteiger partial charge on any atom is 0.262 e. The van der Waals surface area contributed by atoms with E-state index in [1.54, 1.807) is 6.07 Å². The molecule has 37 heavy (non-hydrogen) atoms. The average molecular weight is 510 g/mol. The van der Waals surface area contributed by atoms with Crippen molar-refractivity contribution in [1.82, 2.24) is 5.32 Å². The van der Waals surface area contributed by atoms with Gasteiger partial charge in [-0.25, -0.2) is 4.21 Å². The Hall–Kier alpha value is -3.99. The summed E-state index contributed by atoms with van der Waals surface area (Å²) < 4.78 is 24.5. The van der Waals surface area contributed by atoms with Crippen molar-refractivity contribution in [2.24, 2.45) is 0 Å². The second-order valence-corrected chi connectivity index (χ2v) is 10.1. The first-order valence-corrected chi connectivity index (χ1v) is 13.4. The molecule has 4 aromatic carbocycles. The number of rotatable bonds is 7. The highest BCUT2D eigenvalue weighted by Crippen LogP contribution is 2.34. The van der Waals surface area contributed by atoms with E-state index in [1.807, 2.05) is 84.9 Å². The summed E-state index contributed by atoms with van der Waals surface area (Å²) in [5.74, 6) is -0.202. The van der Waals surface area contributed by atoms with Gasteiger partial charge in [0.25, 0.3) is 11.3 Å². The van der Waals surface area contributed by atoms with E-state index in [0.717, 1.165) is 46.7 Å². The van der Waals surface area contributed by atoms with Crippen LogP contribution < -0.4 is 9.62 Å². The van der Waals surface area contributed by atoms with Crippen LogP contribution in [0.3, 0.4) is 0 Å². The molecule has 1 aliphatic rings. The van der Waals surface area contributed by atoms with E-state index in [4.69, 9.17) is 0 Å². The van der Waals surface area contributed by atoms with Gasteiger partial charge in [-0.1, -0.05) is 66.7 Å². The van der Waals surface area contributed by atoms with Crippen LogP contribution in [0.15, 0.2) is 91.0 Å². The number of hydrogen-bond acceptors (Lipinski definition) is 3. The number of carbonyl (C=O) groups is 1. The Kier molecular flexibility index (Phi) is 7.31. The third-order valence-electron chi connectivity index (χ3n) is 6.92. The van der Waals surface area contributed by atoms with Crippen LogP contribution in [0.2, 0.25) is 0 Å². The molecular formula is C30H27N3O3S. The fourth-order valence-corrected chi connectivity index (χ4v) is 5.87. The van der Waals surface area contributed by atoms with Crippen LogP contribution in [0.5, 0.6) is 0 Å². The van der Waals surface area contributed by atoms with Crippen LogP contribution in [0, 0.1) is 11.3 Å². The number of carbonyl (C=O) groups excluding carboxylic acids is 1. The minimum atomic E-state index is -2.37. The Morgan fingerprint density at radius 1 is 1.03 bits per heavy atom. The summed E-state index contributed by atoms with van der Waals surface area (Å²) in [6.07, 6.45) is 2.61. The van der Waals surface area contributed by atoms with Crippen LogP contribution in [0.4, 0.5) is 5.69 Å². The summed E-state index contributed by atoms with van der Waals surface area (Å²) in [7, 11) is 0. The summed E-state index contributed by atoms with van der Waals surface area (Å²) in [4.78, 5) is 13.4. The molecule has 0 bridgehead atoms. The number of fused-ring (bicyclic) bond motifs is 2. The predicted molar refractivity (Wildman–Crippen MR) is 146 cm³/mol. The van der Waals surface area contributed by atoms with Crippen LogP contribution in [-0.2, 0) is 22.5 Å². The topological polar surface area (TPSA) is 93.4 Å². The highest BCUT2D eigenvalue weighted by atomic mass is 32.2. The standard InChI is InChI=1S/C30H27N3O3S/c31-20-21-13-16-27-25(17-21)11-6-12-28(27)32-30(34)19-29(23-8-2-1-3-9-23)33(37(35)36)26-15-14-22-7-4-5-10-24(22)18-26/h1-5,7-10,13-18,28-29H,6,11-12,19H2,(H,32,34)(H,35,36). The van der Waals surface area contributed by atoms with E-state index in [0.29, 0.717) is 11.3 Å². The predicted octanol–water partition coefficient (Wildman–Crippen LogP) is 5.98. The monoisotopic (exact) mass is 509 g/mol. The van der Waals surface area contributed by atoms with E-state index < -0.39 is 17.3 Å². The molecule has 2 N–H and O–H groups in total. The average Bonchev–Trinajstić information content (AvgIpc) is 2.92. The molecule has 186 valence electrons. The quantitative estimate of drug-likeness (QED) is 0.300. The molecule has 0 spiro atoms. The Morgan fingerprint density at radius 2 is 1.78 bits per heavy atom. The zero-order valence-corrected chi connectivity index (χ0v) is 21.0. The first-order valence-electron chi connectivity index (χ1n) is 12.3. The lowest BCUT2D eigenvalue weighted by Gasteiger charge is -2.32. The first-order chi connectivity index (χ1) is 18.0. The van der Waals surface area contributed by atoms with Gasteiger partial charge in [-0.05, 0) is 71.0 Å². The van der Waals surface area contributed by atoms with Crippen molar-refractivity contribution in [3.63, 3.8) is 0 Å². The Labute approximate surface area is 219 Å². The van der Waals surface area contributed by atoms with Gasteiger partial charge >= 0.3 is 0 Å². The summed E-state index contributed by atoms with van der Waals surface area (Å²) in [5, 5.41) is 14.4. The van der Waals surface area contributed by atoms with E-state index >= 15 is 0 Å². The third-order valence-corrected chi connectivity index (χ3v) is 7.73. The Morgan fingerprint density at radius 3 is 2.54 bits per heavy atom. The smallest absolute Gasteiger partial charge is 0.262 e. The molecule has 0 saturated carbocycles. The molecule has 1 amide bonds. The van der Waals surface area contributed by atoms with E-state index in [2.05, 4.69) is 11.4 Å². The molecule has 0 radical (unpaired) electrons. The van der Waals surface area contributed by atoms with Crippen molar-refractivity contribution in [2.45, 2.75) is 37.8 Å². The van der Waals surface area contributed by atoms with Gasteiger partial charge in [0, 0.05) is 0 Å². The van der Waals surface area contributed by atoms with Gasteiger partial charge in [0.2, 0.25) is 5.91 Å². The maximum atomic E-state index is 13.4. The molecule has 6 nitrogen and oxygen atoms in total. The summed E-state index contributed by atoms with van der Waals surface area (Å²) in [6.45, 7) is 0. The van der Waals surface area contributed by atoms with Crippen LogP contribution in [0.25, 0.3) is 10.8 Å². The molecule has 0 saturated heterocycles. The van der Waals surface area contributed by atoms with Crippen LogP contribution in [0.1, 0.15) is 53.6 Å². The molecule has 4 aromatic rings. The number of benzene rings is 4. The molecular weight excluding hydrogens is 482 g/mol. The maximum absolute atomic E-state index is 13.4. The lowest BCUT2D eigenvalue weighted by molar-refractivity contribution is -0.122. The zero-order chi connectivity index (χ0) is 25.8. The first kappa shape index (κ1) is 24.7. The molecule has 1 aliphatic carbocycles. The number of hydrogen-bond donors (Lipinski definition) is 2. The van der Waals surface area contributed by atoms with Gasteiger partial charge in [-0.2, -0.15) is 5.26 Å².